The molecule has 0 nitrogen and oxygen atoms in total. The van der Waals surface area contributed by atoms with Crippen LogP contribution in [0.1, 0.15) is 69.6 Å². The SMILES string of the molecule is C=Cc1ccc(C)c(C(C)(C)CCCCCC)c1. The minimum Gasteiger partial charge on any atom is -0.0985 e. The van der Waals surface area contributed by atoms with Crippen molar-refractivity contribution in [1.82, 2.24) is 0 Å². The van der Waals surface area contributed by atoms with Gasteiger partial charge in [0.1, 0.15) is 0 Å². The third-order valence-electron chi connectivity index (χ3n) is 3.88. The van der Waals surface area contributed by atoms with Gasteiger partial charge in [-0.25, -0.2) is 0 Å². The van der Waals surface area contributed by atoms with Crippen molar-refractivity contribution in [3.8, 4) is 0 Å². The van der Waals surface area contributed by atoms with Crippen LogP contribution in [0.4, 0.5) is 0 Å². The molecular formula is C18H28. The van der Waals surface area contributed by atoms with Crippen LogP contribution in [-0.4, -0.2) is 0 Å². The highest BCUT2D eigenvalue weighted by atomic mass is 14.3. The maximum Gasteiger partial charge on any atom is -0.0101 e. The predicted octanol–water partition coefficient (Wildman–Crippen LogP) is 5.89. The fraction of sp³-hybridized carbons (Fsp3) is 0.556. The molecule has 0 saturated heterocycles. The maximum absolute atomic E-state index is 3.87. The van der Waals surface area contributed by atoms with Gasteiger partial charge in [0.25, 0.3) is 0 Å². The lowest BCUT2D eigenvalue weighted by atomic mass is 9.77. The molecule has 0 aliphatic carbocycles. The molecule has 0 atom stereocenters. The van der Waals surface area contributed by atoms with E-state index >= 15 is 0 Å². The van der Waals surface area contributed by atoms with E-state index in [-0.39, 0.29) is 5.41 Å². The molecule has 0 bridgehead atoms. The molecule has 0 aromatic heterocycles. The lowest BCUT2D eigenvalue weighted by Crippen LogP contribution is -2.18. The fourth-order valence-electron chi connectivity index (χ4n) is 2.62. The first-order chi connectivity index (χ1) is 8.51. The van der Waals surface area contributed by atoms with E-state index in [2.05, 4.69) is 52.5 Å². The number of unbranched alkanes of at least 4 members (excludes halogenated alkanes) is 3. The standard InChI is InChI=1S/C18H28/c1-6-8-9-10-13-18(4,5)17-14-16(7-2)12-11-15(17)3/h7,11-12,14H,2,6,8-10,13H2,1,3-5H3. The van der Waals surface area contributed by atoms with Crippen molar-refractivity contribution in [2.45, 2.75) is 65.2 Å². The van der Waals surface area contributed by atoms with Crippen LogP contribution in [0.15, 0.2) is 24.8 Å². The lowest BCUT2D eigenvalue weighted by Gasteiger charge is -2.27. The summed E-state index contributed by atoms with van der Waals surface area (Å²) < 4.78 is 0. The number of rotatable bonds is 7. The van der Waals surface area contributed by atoms with Gasteiger partial charge >= 0.3 is 0 Å². The number of aryl methyl sites for hydroxylation is 1. The molecule has 0 N–H and O–H groups in total. The summed E-state index contributed by atoms with van der Waals surface area (Å²) in [5.74, 6) is 0. The Morgan fingerprint density at radius 2 is 1.89 bits per heavy atom. The van der Waals surface area contributed by atoms with E-state index in [0.29, 0.717) is 0 Å². The molecule has 0 saturated carbocycles. The molecule has 0 aliphatic heterocycles. The Kier molecular flexibility index (Phi) is 5.65. The van der Waals surface area contributed by atoms with Crippen molar-refractivity contribution in [2.24, 2.45) is 0 Å². The highest BCUT2D eigenvalue weighted by Gasteiger charge is 2.21. The topological polar surface area (TPSA) is 0 Å². The minimum absolute atomic E-state index is 0.275. The summed E-state index contributed by atoms with van der Waals surface area (Å²) in [5, 5.41) is 0. The summed E-state index contributed by atoms with van der Waals surface area (Å²) in [6.07, 6.45) is 8.58. The molecule has 0 fully saturated rings. The van der Waals surface area contributed by atoms with Crippen molar-refractivity contribution in [3.63, 3.8) is 0 Å². The Morgan fingerprint density at radius 1 is 1.17 bits per heavy atom. The zero-order valence-electron chi connectivity index (χ0n) is 12.6. The Morgan fingerprint density at radius 3 is 2.50 bits per heavy atom. The third kappa shape index (κ3) is 4.01. The van der Waals surface area contributed by atoms with E-state index in [1.165, 1.54) is 48.8 Å². The molecule has 1 aromatic rings. The molecule has 0 radical (unpaired) electrons. The van der Waals surface area contributed by atoms with E-state index in [4.69, 9.17) is 0 Å². The number of benzene rings is 1. The predicted molar refractivity (Wildman–Crippen MR) is 83.1 cm³/mol. The molecule has 0 unspecified atom stereocenters. The smallest absolute Gasteiger partial charge is 0.0101 e. The zero-order chi connectivity index (χ0) is 13.6. The molecule has 0 heterocycles. The van der Waals surface area contributed by atoms with Crippen LogP contribution >= 0.6 is 0 Å². The summed E-state index contributed by atoms with van der Waals surface area (Å²) in [5.41, 5.74) is 4.39. The largest absolute Gasteiger partial charge is 0.0985 e. The molecule has 0 spiro atoms. The third-order valence-corrected chi connectivity index (χ3v) is 3.88. The van der Waals surface area contributed by atoms with Gasteiger partial charge in [0.15, 0.2) is 0 Å². The summed E-state index contributed by atoms with van der Waals surface area (Å²) in [6, 6.07) is 6.68. The van der Waals surface area contributed by atoms with E-state index in [1.807, 2.05) is 6.08 Å². The average Bonchev–Trinajstić information content (AvgIpc) is 2.35. The molecule has 1 aromatic carbocycles. The number of hydrogen-bond acceptors (Lipinski definition) is 0. The first-order valence-electron chi connectivity index (χ1n) is 7.25. The van der Waals surface area contributed by atoms with Crippen molar-refractivity contribution in [3.05, 3.63) is 41.5 Å². The van der Waals surface area contributed by atoms with Gasteiger partial charge in [-0.2, -0.15) is 0 Å². The van der Waals surface area contributed by atoms with Gasteiger partial charge in [0.05, 0.1) is 0 Å². The average molecular weight is 244 g/mol. The van der Waals surface area contributed by atoms with Crippen molar-refractivity contribution in [1.29, 1.82) is 0 Å². The highest BCUT2D eigenvalue weighted by Crippen LogP contribution is 2.32. The molecule has 0 amide bonds. The first kappa shape index (κ1) is 15.0. The van der Waals surface area contributed by atoms with E-state index in [1.54, 1.807) is 0 Å². The fourth-order valence-corrected chi connectivity index (χ4v) is 2.62. The van der Waals surface area contributed by atoms with Gasteiger partial charge in [-0.15, -0.1) is 0 Å². The second-order valence-corrected chi connectivity index (χ2v) is 5.97. The second-order valence-electron chi connectivity index (χ2n) is 5.97. The van der Waals surface area contributed by atoms with E-state index < -0.39 is 0 Å². The first-order valence-corrected chi connectivity index (χ1v) is 7.25. The summed E-state index contributed by atoms with van der Waals surface area (Å²) in [6.45, 7) is 13.1. The zero-order valence-corrected chi connectivity index (χ0v) is 12.6. The minimum atomic E-state index is 0.275. The van der Waals surface area contributed by atoms with Gasteiger partial charge in [0, 0.05) is 0 Å². The van der Waals surface area contributed by atoms with Crippen LogP contribution in [0, 0.1) is 6.92 Å². The summed E-state index contributed by atoms with van der Waals surface area (Å²) in [7, 11) is 0. The molecule has 1 rings (SSSR count). The van der Waals surface area contributed by atoms with Crippen LogP contribution in [0.5, 0.6) is 0 Å². The van der Waals surface area contributed by atoms with Gasteiger partial charge in [0.2, 0.25) is 0 Å². The van der Waals surface area contributed by atoms with Crippen molar-refractivity contribution < 1.29 is 0 Å². The second kappa shape index (κ2) is 6.78. The van der Waals surface area contributed by atoms with Gasteiger partial charge in [-0.1, -0.05) is 77.3 Å². The Bertz CT molecular complexity index is 385. The van der Waals surface area contributed by atoms with Crippen molar-refractivity contribution in [2.75, 3.05) is 0 Å². The Balaban J connectivity index is 2.79. The van der Waals surface area contributed by atoms with Gasteiger partial charge in [-0.05, 0) is 35.4 Å². The van der Waals surface area contributed by atoms with Crippen LogP contribution in [0.2, 0.25) is 0 Å². The Hall–Kier alpha value is -1.04. The Labute approximate surface area is 113 Å². The van der Waals surface area contributed by atoms with Crippen LogP contribution in [0.3, 0.4) is 0 Å². The molecule has 0 heteroatoms. The van der Waals surface area contributed by atoms with Gasteiger partial charge < -0.3 is 0 Å². The van der Waals surface area contributed by atoms with E-state index in [9.17, 15) is 0 Å². The van der Waals surface area contributed by atoms with Crippen LogP contribution < -0.4 is 0 Å². The molecular weight excluding hydrogens is 216 g/mol. The monoisotopic (exact) mass is 244 g/mol. The van der Waals surface area contributed by atoms with E-state index in [0.717, 1.165) is 0 Å². The normalized spacial score (nSPS) is 11.6. The lowest BCUT2D eigenvalue weighted by molar-refractivity contribution is 0.444. The quantitative estimate of drug-likeness (QED) is 0.525. The van der Waals surface area contributed by atoms with Crippen LogP contribution in [0.25, 0.3) is 6.08 Å². The summed E-state index contributed by atoms with van der Waals surface area (Å²) >= 11 is 0. The van der Waals surface area contributed by atoms with Crippen LogP contribution in [-0.2, 0) is 5.41 Å². The van der Waals surface area contributed by atoms with Crippen molar-refractivity contribution >= 4 is 6.08 Å². The molecule has 18 heavy (non-hydrogen) atoms. The summed E-state index contributed by atoms with van der Waals surface area (Å²) in [4.78, 5) is 0. The number of hydrogen-bond donors (Lipinski definition) is 0. The maximum atomic E-state index is 3.87. The molecule has 0 aliphatic rings. The highest BCUT2D eigenvalue weighted by molar-refractivity contribution is 5.51. The molecule has 100 valence electrons. The van der Waals surface area contributed by atoms with Gasteiger partial charge in [-0.3, -0.25) is 0 Å².